The van der Waals surface area contributed by atoms with Gasteiger partial charge in [0.1, 0.15) is 0 Å². The van der Waals surface area contributed by atoms with Crippen molar-refractivity contribution in [2.75, 3.05) is 22.9 Å². The van der Waals surface area contributed by atoms with Crippen LogP contribution in [0.5, 0.6) is 0 Å². The number of aromatic nitrogens is 3. The summed E-state index contributed by atoms with van der Waals surface area (Å²) in [6.45, 7) is 4.36. The van der Waals surface area contributed by atoms with E-state index in [1.54, 1.807) is 10.9 Å². The first-order valence-corrected chi connectivity index (χ1v) is 9.82. The minimum Gasteiger partial charge on any atom is -0.365 e. The molecule has 2 aliphatic rings. The quantitative estimate of drug-likeness (QED) is 0.704. The van der Waals surface area contributed by atoms with Gasteiger partial charge in [-0.2, -0.15) is 0 Å². The second-order valence-corrected chi connectivity index (χ2v) is 7.63. The van der Waals surface area contributed by atoms with Gasteiger partial charge in [0.15, 0.2) is 0 Å². The zero-order chi connectivity index (χ0) is 19.1. The number of anilines is 2. The van der Waals surface area contributed by atoms with E-state index >= 15 is 0 Å². The Morgan fingerprint density at radius 3 is 2.79 bits per heavy atom. The average Bonchev–Trinajstić information content (AvgIpc) is 3.44. The molecule has 0 N–H and O–H groups in total. The van der Waals surface area contributed by atoms with Crippen LogP contribution >= 0.6 is 0 Å². The highest BCUT2D eigenvalue weighted by Gasteiger charge is 2.36. The molecule has 0 unspecified atom stereocenters. The second kappa shape index (κ2) is 6.78. The van der Waals surface area contributed by atoms with Gasteiger partial charge in [0.05, 0.1) is 24.1 Å². The summed E-state index contributed by atoms with van der Waals surface area (Å²) in [5.41, 5.74) is 5.25. The standard InChI is InChI=1S/C22H23N5O/c1-16-4-2-7-20-21(16)26(19-8-9-19)12-13-27(20)22(28)18-6-3-5-17(14-18)15-25-11-10-23-24-25/h2-7,10-11,14,19H,8-9,12-13,15H2,1H3. The van der Waals surface area contributed by atoms with Crippen molar-refractivity contribution in [1.29, 1.82) is 0 Å². The Morgan fingerprint density at radius 1 is 1.14 bits per heavy atom. The number of hydrogen-bond donors (Lipinski definition) is 0. The molecule has 28 heavy (non-hydrogen) atoms. The van der Waals surface area contributed by atoms with Crippen LogP contribution in [0.4, 0.5) is 11.4 Å². The Bertz CT molecular complexity index is 1010. The minimum absolute atomic E-state index is 0.0581. The molecule has 1 aromatic heterocycles. The van der Waals surface area contributed by atoms with E-state index in [1.165, 1.54) is 24.1 Å². The molecule has 142 valence electrons. The third-order valence-corrected chi connectivity index (χ3v) is 5.58. The first kappa shape index (κ1) is 17.0. The molecule has 0 radical (unpaired) electrons. The maximum absolute atomic E-state index is 13.4. The molecule has 0 saturated heterocycles. The first-order valence-electron chi connectivity index (χ1n) is 9.82. The summed E-state index contributed by atoms with van der Waals surface area (Å²) in [6.07, 6.45) is 6.00. The molecule has 3 aromatic rings. The fraction of sp³-hybridized carbons (Fsp3) is 0.318. The number of aryl methyl sites for hydroxylation is 1. The van der Waals surface area contributed by atoms with Crippen molar-refractivity contribution in [3.63, 3.8) is 0 Å². The van der Waals surface area contributed by atoms with Gasteiger partial charge in [0, 0.05) is 30.9 Å². The van der Waals surface area contributed by atoms with Crippen LogP contribution in [-0.2, 0) is 6.54 Å². The van der Waals surface area contributed by atoms with Crippen molar-refractivity contribution in [2.24, 2.45) is 0 Å². The zero-order valence-corrected chi connectivity index (χ0v) is 16.0. The van der Waals surface area contributed by atoms with Crippen LogP contribution in [-0.4, -0.2) is 40.0 Å². The van der Waals surface area contributed by atoms with Gasteiger partial charge < -0.3 is 9.80 Å². The van der Waals surface area contributed by atoms with E-state index in [4.69, 9.17) is 0 Å². The van der Waals surface area contributed by atoms with Crippen molar-refractivity contribution < 1.29 is 4.79 Å². The van der Waals surface area contributed by atoms with Crippen LogP contribution in [0.25, 0.3) is 0 Å². The fourth-order valence-corrected chi connectivity index (χ4v) is 4.10. The maximum Gasteiger partial charge on any atom is 0.258 e. The summed E-state index contributed by atoms with van der Waals surface area (Å²) >= 11 is 0. The maximum atomic E-state index is 13.4. The van der Waals surface area contributed by atoms with E-state index < -0.39 is 0 Å². The first-order chi connectivity index (χ1) is 13.7. The van der Waals surface area contributed by atoms with Crippen molar-refractivity contribution in [3.05, 3.63) is 71.5 Å². The van der Waals surface area contributed by atoms with Crippen LogP contribution in [0, 0.1) is 6.92 Å². The molecule has 0 spiro atoms. The largest absolute Gasteiger partial charge is 0.365 e. The smallest absolute Gasteiger partial charge is 0.258 e. The molecule has 1 aliphatic carbocycles. The number of carbonyl (C=O) groups is 1. The van der Waals surface area contributed by atoms with Gasteiger partial charge in [-0.3, -0.25) is 4.79 Å². The lowest BCUT2D eigenvalue weighted by Gasteiger charge is -2.39. The SMILES string of the molecule is Cc1cccc2c1N(C1CC1)CCN2C(=O)c1cccc(Cn2ccnn2)c1. The van der Waals surface area contributed by atoms with Crippen molar-refractivity contribution in [2.45, 2.75) is 32.4 Å². The molecular weight excluding hydrogens is 350 g/mol. The monoisotopic (exact) mass is 373 g/mol. The Kier molecular flexibility index (Phi) is 4.11. The van der Waals surface area contributed by atoms with E-state index in [2.05, 4.69) is 34.3 Å². The Hall–Kier alpha value is -3.15. The number of hydrogen-bond acceptors (Lipinski definition) is 4. The number of nitrogens with zero attached hydrogens (tertiary/aromatic N) is 5. The summed E-state index contributed by atoms with van der Waals surface area (Å²) in [7, 11) is 0. The Balaban J connectivity index is 1.46. The lowest BCUT2D eigenvalue weighted by atomic mass is 10.0. The van der Waals surface area contributed by atoms with Gasteiger partial charge in [-0.1, -0.05) is 29.5 Å². The van der Waals surface area contributed by atoms with Gasteiger partial charge in [-0.15, -0.1) is 5.10 Å². The van der Waals surface area contributed by atoms with Crippen LogP contribution in [0.3, 0.4) is 0 Å². The minimum atomic E-state index is 0.0581. The van der Waals surface area contributed by atoms with Gasteiger partial charge in [-0.25, -0.2) is 4.68 Å². The molecule has 2 aromatic carbocycles. The molecule has 2 heterocycles. The van der Waals surface area contributed by atoms with Crippen LogP contribution in [0.15, 0.2) is 54.9 Å². The molecule has 1 fully saturated rings. The van der Waals surface area contributed by atoms with Gasteiger partial charge >= 0.3 is 0 Å². The highest BCUT2D eigenvalue weighted by Crippen LogP contribution is 2.42. The van der Waals surface area contributed by atoms with Gasteiger partial charge in [0.2, 0.25) is 0 Å². The van der Waals surface area contributed by atoms with Crippen molar-refractivity contribution >= 4 is 17.3 Å². The number of benzene rings is 2. The van der Waals surface area contributed by atoms with E-state index in [9.17, 15) is 4.79 Å². The highest BCUT2D eigenvalue weighted by atomic mass is 16.2. The van der Waals surface area contributed by atoms with Crippen LogP contribution in [0.2, 0.25) is 0 Å². The number of para-hydroxylation sites is 1. The van der Waals surface area contributed by atoms with Crippen molar-refractivity contribution in [3.8, 4) is 0 Å². The zero-order valence-electron chi connectivity index (χ0n) is 16.0. The lowest BCUT2D eigenvalue weighted by molar-refractivity contribution is 0.0986. The molecular formula is C22H23N5O. The summed E-state index contributed by atoms with van der Waals surface area (Å²) in [6, 6.07) is 14.7. The van der Waals surface area contributed by atoms with Crippen LogP contribution in [0.1, 0.15) is 34.3 Å². The Labute approximate surface area is 164 Å². The number of rotatable bonds is 4. The second-order valence-electron chi connectivity index (χ2n) is 7.63. The molecule has 5 rings (SSSR count). The summed E-state index contributed by atoms with van der Waals surface area (Å²) < 4.78 is 1.76. The molecule has 6 heteroatoms. The Morgan fingerprint density at radius 2 is 2.00 bits per heavy atom. The molecule has 6 nitrogen and oxygen atoms in total. The third kappa shape index (κ3) is 3.05. The molecule has 1 amide bonds. The molecule has 1 saturated carbocycles. The number of carbonyl (C=O) groups excluding carboxylic acids is 1. The van der Waals surface area contributed by atoms with E-state index in [1.807, 2.05) is 41.4 Å². The third-order valence-electron chi connectivity index (χ3n) is 5.58. The number of fused-ring (bicyclic) bond motifs is 1. The van der Waals surface area contributed by atoms with Crippen molar-refractivity contribution in [1.82, 2.24) is 15.0 Å². The predicted octanol–water partition coefficient (Wildman–Crippen LogP) is 3.26. The molecule has 1 aliphatic heterocycles. The number of amides is 1. The lowest BCUT2D eigenvalue weighted by Crippen LogP contribution is -2.45. The fourth-order valence-electron chi connectivity index (χ4n) is 4.10. The van der Waals surface area contributed by atoms with Gasteiger partial charge in [0.25, 0.3) is 5.91 Å². The predicted molar refractivity (Wildman–Crippen MR) is 109 cm³/mol. The summed E-state index contributed by atoms with van der Waals surface area (Å²) in [5.74, 6) is 0.0581. The van der Waals surface area contributed by atoms with E-state index in [-0.39, 0.29) is 5.91 Å². The van der Waals surface area contributed by atoms with Crippen LogP contribution < -0.4 is 9.80 Å². The van der Waals surface area contributed by atoms with Gasteiger partial charge in [-0.05, 0) is 49.1 Å². The molecule has 0 atom stereocenters. The topological polar surface area (TPSA) is 54.3 Å². The summed E-state index contributed by atoms with van der Waals surface area (Å²) in [5, 5.41) is 7.85. The molecule has 0 bridgehead atoms. The van der Waals surface area contributed by atoms with E-state index in [0.717, 1.165) is 24.3 Å². The summed E-state index contributed by atoms with van der Waals surface area (Å²) in [4.78, 5) is 17.8. The normalized spacial score (nSPS) is 16.2. The van der Waals surface area contributed by atoms with E-state index in [0.29, 0.717) is 18.2 Å². The highest BCUT2D eigenvalue weighted by molar-refractivity contribution is 6.08. The average molecular weight is 373 g/mol.